The minimum Gasteiger partial charge on any atom is -0.493 e. The largest absolute Gasteiger partial charge is 0.493 e. The lowest BCUT2D eigenvalue weighted by molar-refractivity contribution is 0.115. The summed E-state index contributed by atoms with van der Waals surface area (Å²) in [5.74, 6) is 1.54. The van der Waals surface area contributed by atoms with Gasteiger partial charge in [0.15, 0.2) is 0 Å². The Kier molecular flexibility index (Phi) is 8.04. The molecule has 0 aliphatic carbocycles. The van der Waals surface area contributed by atoms with Crippen molar-refractivity contribution in [3.63, 3.8) is 0 Å². The third-order valence-corrected chi connectivity index (χ3v) is 7.19. The maximum absolute atomic E-state index is 13.7. The number of fused-ring (bicyclic) bond motifs is 1. The van der Waals surface area contributed by atoms with Crippen LogP contribution in [0.2, 0.25) is 5.02 Å². The van der Waals surface area contributed by atoms with Crippen LogP contribution in [0.5, 0.6) is 11.5 Å². The minimum atomic E-state index is -0.465. The zero-order chi connectivity index (χ0) is 24.9. The van der Waals surface area contributed by atoms with E-state index in [9.17, 15) is 4.39 Å². The van der Waals surface area contributed by atoms with Crippen molar-refractivity contribution in [1.29, 1.82) is 0 Å². The minimum absolute atomic E-state index is 0.0470. The molecule has 0 radical (unpaired) electrons. The Balaban J connectivity index is 1.40. The van der Waals surface area contributed by atoms with E-state index in [4.69, 9.17) is 21.1 Å². The summed E-state index contributed by atoms with van der Waals surface area (Å²) in [6, 6.07) is 8.38. The van der Waals surface area contributed by atoms with Gasteiger partial charge in [0.05, 0.1) is 22.5 Å². The van der Waals surface area contributed by atoms with Crippen molar-refractivity contribution in [2.45, 2.75) is 38.2 Å². The maximum Gasteiger partial charge on any atom is 0.145 e. The number of aromatic nitrogens is 2. The Morgan fingerprint density at radius 3 is 2.67 bits per heavy atom. The van der Waals surface area contributed by atoms with Crippen LogP contribution in [0.4, 0.5) is 15.9 Å². The molecule has 2 aromatic carbocycles. The molecule has 0 atom stereocenters. The van der Waals surface area contributed by atoms with E-state index in [1.54, 1.807) is 12.1 Å². The molecule has 0 unspecified atom stereocenters. The lowest BCUT2D eigenvalue weighted by Crippen LogP contribution is -2.35. The smallest absolute Gasteiger partial charge is 0.145 e. The van der Waals surface area contributed by atoms with Gasteiger partial charge in [-0.2, -0.15) is 0 Å². The first-order valence-electron chi connectivity index (χ1n) is 12.8. The average Bonchev–Trinajstić information content (AvgIpc) is 3.39. The number of hydrogen-bond acceptors (Lipinski definition) is 7. The number of hydrogen-bond donors (Lipinski definition) is 1. The Morgan fingerprint density at radius 1 is 1.08 bits per heavy atom. The van der Waals surface area contributed by atoms with Crippen molar-refractivity contribution in [3.8, 4) is 11.5 Å². The van der Waals surface area contributed by atoms with Gasteiger partial charge in [0.25, 0.3) is 0 Å². The van der Waals surface area contributed by atoms with Gasteiger partial charge in [0, 0.05) is 37.5 Å². The molecule has 7 nitrogen and oxygen atoms in total. The van der Waals surface area contributed by atoms with Crippen LogP contribution < -0.4 is 14.8 Å². The van der Waals surface area contributed by atoms with Gasteiger partial charge in [0.1, 0.15) is 35.6 Å². The first kappa shape index (κ1) is 25.0. The van der Waals surface area contributed by atoms with E-state index in [1.165, 1.54) is 38.3 Å². The molecule has 1 aromatic heterocycles. The second kappa shape index (κ2) is 11.6. The van der Waals surface area contributed by atoms with E-state index in [-0.39, 0.29) is 11.1 Å². The van der Waals surface area contributed by atoms with Crippen LogP contribution in [-0.2, 0) is 0 Å². The molecular weight excluding hydrogens is 481 g/mol. The van der Waals surface area contributed by atoms with Crippen LogP contribution in [0.25, 0.3) is 10.9 Å². The van der Waals surface area contributed by atoms with E-state index in [1.807, 2.05) is 12.1 Å². The topological polar surface area (TPSA) is 62.8 Å². The summed E-state index contributed by atoms with van der Waals surface area (Å²) in [4.78, 5) is 13.8. The summed E-state index contributed by atoms with van der Waals surface area (Å²) in [6.07, 6.45) is 7.07. The SMILES string of the molecule is CN1CCC(Oc2cc(OCCCN3CCCC3)cc3ncnc(Nc4ccc(F)c(Cl)c4)c23)CC1. The fraction of sp³-hybridized carbons (Fsp3) is 0.481. The van der Waals surface area contributed by atoms with Crippen molar-refractivity contribution in [2.24, 2.45) is 0 Å². The molecule has 0 saturated carbocycles. The standard InChI is InChI=1S/C27H33ClFN5O2/c1-33-12-7-20(8-13-33)36-25-17-21(35-14-4-11-34-9-2-3-10-34)16-24-26(25)27(31-18-30-24)32-19-5-6-23(29)22(28)15-19/h5-6,15-18,20H,2-4,7-14H2,1H3,(H,30,31,32). The molecule has 0 amide bonds. The van der Waals surface area contributed by atoms with Gasteiger partial charge in [-0.05, 0) is 70.4 Å². The zero-order valence-electron chi connectivity index (χ0n) is 20.7. The number of piperidine rings is 1. The molecule has 9 heteroatoms. The highest BCUT2D eigenvalue weighted by Gasteiger charge is 2.21. The van der Waals surface area contributed by atoms with Crippen LogP contribution in [0, 0.1) is 5.82 Å². The third kappa shape index (κ3) is 6.17. The number of nitrogens with zero attached hydrogens (tertiary/aromatic N) is 4. The zero-order valence-corrected chi connectivity index (χ0v) is 21.4. The van der Waals surface area contributed by atoms with Crippen LogP contribution in [0.3, 0.4) is 0 Å². The fourth-order valence-corrected chi connectivity index (χ4v) is 5.06. The molecule has 1 N–H and O–H groups in total. The highest BCUT2D eigenvalue weighted by Crippen LogP contribution is 2.37. The summed E-state index contributed by atoms with van der Waals surface area (Å²) < 4.78 is 26.4. The monoisotopic (exact) mass is 513 g/mol. The van der Waals surface area contributed by atoms with E-state index in [2.05, 4.69) is 32.1 Å². The Labute approximate surface area is 216 Å². The number of anilines is 2. The van der Waals surface area contributed by atoms with Crippen molar-refractivity contribution in [3.05, 3.63) is 47.5 Å². The number of benzene rings is 2. The first-order valence-corrected chi connectivity index (χ1v) is 13.1. The van der Waals surface area contributed by atoms with Gasteiger partial charge in [-0.15, -0.1) is 0 Å². The van der Waals surface area contributed by atoms with Crippen molar-refractivity contribution >= 4 is 34.0 Å². The van der Waals surface area contributed by atoms with Gasteiger partial charge in [-0.3, -0.25) is 0 Å². The second-order valence-corrected chi connectivity index (χ2v) is 10.1. The summed E-state index contributed by atoms with van der Waals surface area (Å²) in [6.45, 7) is 6.06. The van der Waals surface area contributed by atoms with Gasteiger partial charge >= 0.3 is 0 Å². The third-order valence-electron chi connectivity index (χ3n) is 6.90. The predicted octanol–water partition coefficient (Wildman–Crippen LogP) is 5.50. The molecule has 3 aromatic rings. The summed E-state index contributed by atoms with van der Waals surface area (Å²) in [5.41, 5.74) is 1.36. The molecule has 5 rings (SSSR count). The molecular formula is C27H33ClFN5O2. The van der Waals surface area contributed by atoms with Crippen molar-refractivity contribution in [1.82, 2.24) is 19.8 Å². The molecule has 2 aliphatic rings. The average molecular weight is 514 g/mol. The van der Waals surface area contributed by atoms with Crippen LogP contribution >= 0.6 is 11.6 Å². The number of likely N-dealkylation sites (tertiary alicyclic amines) is 2. The number of nitrogens with one attached hydrogen (secondary N) is 1. The lowest BCUT2D eigenvalue weighted by atomic mass is 10.1. The lowest BCUT2D eigenvalue weighted by Gasteiger charge is -2.30. The van der Waals surface area contributed by atoms with Crippen molar-refractivity contribution in [2.75, 3.05) is 51.7 Å². The van der Waals surface area contributed by atoms with E-state index in [0.29, 0.717) is 23.9 Å². The maximum atomic E-state index is 13.7. The van der Waals surface area contributed by atoms with E-state index in [0.717, 1.165) is 55.5 Å². The molecule has 2 saturated heterocycles. The van der Waals surface area contributed by atoms with E-state index >= 15 is 0 Å². The highest BCUT2D eigenvalue weighted by atomic mass is 35.5. The molecule has 2 fully saturated rings. The molecule has 3 heterocycles. The summed E-state index contributed by atoms with van der Waals surface area (Å²) in [5, 5.41) is 4.08. The number of halogens is 2. The fourth-order valence-electron chi connectivity index (χ4n) is 4.88. The van der Waals surface area contributed by atoms with Crippen LogP contribution in [-0.4, -0.2) is 72.3 Å². The molecule has 36 heavy (non-hydrogen) atoms. The second-order valence-electron chi connectivity index (χ2n) is 9.66. The normalized spacial score (nSPS) is 17.5. The van der Waals surface area contributed by atoms with Gasteiger partial charge in [-0.25, -0.2) is 14.4 Å². The predicted molar refractivity (Wildman–Crippen MR) is 141 cm³/mol. The van der Waals surface area contributed by atoms with Crippen LogP contribution in [0.15, 0.2) is 36.7 Å². The highest BCUT2D eigenvalue weighted by molar-refractivity contribution is 6.31. The number of rotatable bonds is 9. The number of ether oxygens (including phenoxy) is 2. The Morgan fingerprint density at radius 2 is 1.89 bits per heavy atom. The first-order chi connectivity index (χ1) is 17.5. The molecule has 2 aliphatic heterocycles. The Hall–Kier alpha value is -2.68. The van der Waals surface area contributed by atoms with E-state index < -0.39 is 5.82 Å². The van der Waals surface area contributed by atoms with Gasteiger partial charge in [0.2, 0.25) is 0 Å². The van der Waals surface area contributed by atoms with Crippen LogP contribution in [0.1, 0.15) is 32.1 Å². The quantitative estimate of drug-likeness (QED) is 0.379. The van der Waals surface area contributed by atoms with Crippen molar-refractivity contribution < 1.29 is 13.9 Å². The van der Waals surface area contributed by atoms with Gasteiger partial charge < -0.3 is 24.6 Å². The summed E-state index contributed by atoms with van der Waals surface area (Å²) in [7, 11) is 2.13. The Bertz CT molecular complexity index is 1180. The molecule has 192 valence electrons. The molecule has 0 spiro atoms. The van der Waals surface area contributed by atoms with Gasteiger partial charge in [-0.1, -0.05) is 11.6 Å². The molecule has 0 bridgehead atoms. The summed E-state index contributed by atoms with van der Waals surface area (Å²) >= 11 is 6.00.